The monoisotopic (exact) mass is 244 g/mol. The molecule has 0 fully saturated rings. The first kappa shape index (κ1) is 12.6. The summed E-state index contributed by atoms with van der Waals surface area (Å²) in [6.07, 6.45) is 0.644. The summed E-state index contributed by atoms with van der Waals surface area (Å²) in [5.74, 6) is -0.107. The van der Waals surface area contributed by atoms with Crippen molar-refractivity contribution in [2.45, 2.75) is 12.8 Å². The molecule has 1 rings (SSSR count). The van der Waals surface area contributed by atoms with E-state index < -0.39 is 0 Å². The molecule has 16 heavy (non-hydrogen) atoms. The van der Waals surface area contributed by atoms with E-state index in [-0.39, 0.29) is 23.2 Å². The lowest BCUT2D eigenvalue weighted by Crippen LogP contribution is -2.02. The predicted molar refractivity (Wildman–Crippen MR) is 60.0 cm³/mol. The van der Waals surface area contributed by atoms with Gasteiger partial charge < -0.3 is 14.6 Å². The first-order valence-corrected chi connectivity index (χ1v) is 5.09. The first-order valence-electron chi connectivity index (χ1n) is 4.71. The highest BCUT2D eigenvalue weighted by Gasteiger charge is 2.12. The van der Waals surface area contributed by atoms with Crippen LogP contribution in [0.2, 0.25) is 5.02 Å². The van der Waals surface area contributed by atoms with E-state index in [0.29, 0.717) is 17.7 Å². The molecule has 88 valence electrons. The minimum atomic E-state index is -0.314. The normalized spacial score (nSPS) is 9.94. The van der Waals surface area contributed by atoms with Gasteiger partial charge in [0.25, 0.3) is 0 Å². The van der Waals surface area contributed by atoms with E-state index in [1.54, 1.807) is 12.1 Å². The molecule has 0 bridgehead atoms. The van der Waals surface area contributed by atoms with Crippen molar-refractivity contribution < 1.29 is 19.4 Å². The van der Waals surface area contributed by atoms with Gasteiger partial charge in [-0.25, -0.2) is 0 Å². The Morgan fingerprint density at radius 3 is 2.69 bits per heavy atom. The van der Waals surface area contributed by atoms with Crippen molar-refractivity contribution in [1.82, 2.24) is 0 Å². The SMILES string of the molecule is COC(=O)CCc1ccc(OC)c(O)c1Cl. The number of phenols is 1. The minimum absolute atomic E-state index is 0.105. The average Bonchev–Trinajstić information content (AvgIpc) is 2.30. The van der Waals surface area contributed by atoms with Gasteiger partial charge in [0.15, 0.2) is 11.5 Å². The molecular formula is C11H13ClO4. The maximum absolute atomic E-state index is 11.0. The fraction of sp³-hybridized carbons (Fsp3) is 0.364. The zero-order valence-electron chi connectivity index (χ0n) is 9.12. The molecule has 0 aliphatic rings. The van der Waals surface area contributed by atoms with Gasteiger partial charge in [0.05, 0.1) is 19.2 Å². The van der Waals surface area contributed by atoms with E-state index in [1.807, 2.05) is 0 Å². The van der Waals surface area contributed by atoms with Gasteiger partial charge in [-0.3, -0.25) is 4.79 Å². The van der Waals surface area contributed by atoms with Gasteiger partial charge in [0, 0.05) is 6.42 Å². The number of hydrogen-bond donors (Lipinski definition) is 1. The fourth-order valence-corrected chi connectivity index (χ4v) is 1.54. The van der Waals surface area contributed by atoms with Crippen molar-refractivity contribution in [3.8, 4) is 11.5 Å². The van der Waals surface area contributed by atoms with Gasteiger partial charge >= 0.3 is 5.97 Å². The summed E-state index contributed by atoms with van der Waals surface area (Å²) >= 11 is 5.92. The fourth-order valence-electron chi connectivity index (χ4n) is 1.29. The highest BCUT2D eigenvalue weighted by molar-refractivity contribution is 6.33. The Balaban J connectivity index is 2.82. The Kier molecular flexibility index (Phi) is 4.43. The second-order valence-electron chi connectivity index (χ2n) is 3.17. The number of carbonyl (C=O) groups excluding carboxylic acids is 1. The molecule has 0 aliphatic carbocycles. The second-order valence-corrected chi connectivity index (χ2v) is 3.54. The van der Waals surface area contributed by atoms with Crippen molar-refractivity contribution in [1.29, 1.82) is 0 Å². The lowest BCUT2D eigenvalue weighted by Gasteiger charge is -2.09. The van der Waals surface area contributed by atoms with Crippen LogP contribution in [0.1, 0.15) is 12.0 Å². The molecule has 0 saturated heterocycles. The Bertz CT molecular complexity index is 390. The zero-order chi connectivity index (χ0) is 12.1. The van der Waals surface area contributed by atoms with Crippen LogP contribution < -0.4 is 4.74 Å². The van der Waals surface area contributed by atoms with Crippen molar-refractivity contribution in [3.05, 3.63) is 22.7 Å². The van der Waals surface area contributed by atoms with E-state index in [2.05, 4.69) is 4.74 Å². The first-order chi connectivity index (χ1) is 7.60. The highest BCUT2D eigenvalue weighted by Crippen LogP contribution is 2.36. The Morgan fingerprint density at radius 1 is 1.44 bits per heavy atom. The number of rotatable bonds is 4. The van der Waals surface area contributed by atoms with E-state index in [4.69, 9.17) is 16.3 Å². The predicted octanol–water partition coefficient (Wildman–Crippen LogP) is 2.16. The van der Waals surface area contributed by atoms with Crippen LogP contribution in [0.4, 0.5) is 0 Å². The third-order valence-electron chi connectivity index (χ3n) is 2.21. The van der Waals surface area contributed by atoms with E-state index in [0.717, 1.165) is 0 Å². The molecular weight excluding hydrogens is 232 g/mol. The number of aromatic hydroxyl groups is 1. The van der Waals surface area contributed by atoms with Crippen molar-refractivity contribution in [2.24, 2.45) is 0 Å². The molecule has 1 aromatic carbocycles. The molecule has 0 aliphatic heterocycles. The standard InChI is InChI=1S/C11H13ClO4/c1-15-8-5-3-7(10(12)11(8)14)4-6-9(13)16-2/h3,5,14H,4,6H2,1-2H3. The summed E-state index contributed by atoms with van der Waals surface area (Å²) in [7, 11) is 2.77. The van der Waals surface area contributed by atoms with E-state index >= 15 is 0 Å². The van der Waals surface area contributed by atoms with E-state index in [9.17, 15) is 9.90 Å². The van der Waals surface area contributed by atoms with Crippen molar-refractivity contribution in [3.63, 3.8) is 0 Å². The summed E-state index contributed by atoms with van der Waals surface area (Å²) in [5, 5.41) is 9.84. The molecule has 0 atom stereocenters. The smallest absolute Gasteiger partial charge is 0.305 e. The average molecular weight is 245 g/mol. The molecule has 0 unspecified atom stereocenters. The third kappa shape index (κ3) is 2.79. The topological polar surface area (TPSA) is 55.8 Å². The molecule has 4 nitrogen and oxygen atoms in total. The van der Waals surface area contributed by atoms with Crippen LogP contribution >= 0.6 is 11.6 Å². The van der Waals surface area contributed by atoms with Gasteiger partial charge in [-0.2, -0.15) is 0 Å². The molecule has 0 spiro atoms. The summed E-state index contributed by atoms with van der Waals surface area (Å²) in [5.41, 5.74) is 0.686. The Labute approximate surface area is 98.7 Å². The van der Waals surface area contributed by atoms with Crippen LogP contribution in [0.15, 0.2) is 12.1 Å². The number of hydrogen-bond acceptors (Lipinski definition) is 4. The minimum Gasteiger partial charge on any atom is -0.503 e. The van der Waals surface area contributed by atoms with Gasteiger partial charge in [0.2, 0.25) is 0 Å². The number of aryl methyl sites for hydroxylation is 1. The lowest BCUT2D eigenvalue weighted by molar-refractivity contribution is -0.140. The molecule has 5 heteroatoms. The molecule has 0 radical (unpaired) electrons. The van der Waals surface area contributed by atoms with Crippen LogP contribution in [-0.4, -0.2) is 25.3 Å². The molecule has 0 aromatic heterocycles. The Morgan fingerprint density at radius 2 is 2.12 bits per heavy atom. The number of halogens is 1. The number of benzene rings is 1. The van der Waals surface area contributed by atoms with Gasteiger partial charge in [-0.05, 0) is 18.1 Å². The van der Waals surface area contributed by atoms with Crippen molar-refractivity contribution in [2.75, 3.05) is 14.2 Å². The lowest BCUT2D eigenvalue weighted by atomic mass is 10.1. The maximum atomic E-state index is 11.0. The van der Waals surface area contributed by atoms with Gasteiger partial charge in [0.1, 0.15) is 0 Å². The number of phenolic OH excluding ortho intramolecular Hbond substituents is 1. The molecule has 1 aromatic rings. The van der Waals surface area contributed by atoms with Crippen LogP contribution in [-0.2, 0) is 16.0 Å². The Hall–Kier alpha value is -1.42. The van der Waals surface area contributed by atoms with Crippen LogP contribution in [0.25, 0.3) is 0 Å². The second kappa shape index (κ2) is 5.61. The van der Waals surface area contributed by atoms with Gasteiger partial charge in [-0.1, -0.05) is 17.7 Å². The number of esters is 1. The van der Waals surface area contributed by atoms with Crippen molar-refractivity contribution >= 4 is 17.6 Å². The molecule has 0 amide bonds. The third-order valence-corrected chi connectivity index (χ3v) is 2.63. The quantitative estimate of drug-likeness (QED) is 0.825. The van der Waals surface area contributed by atoms with Gasteiger partial charge in [-0.15, -0.1) is 0 Å². The zero-order valence-corrected chi connectivity index (χ0v) is 9.87. The number of ether oxygens (including phenoxy) is 2. The summed E-state index contributed by atoms with van der Waals surface area (Å²) in [4.78, 5) is 11.0. The number of methoxy groups -OCH3 is 2. The van der Waals surface area contributed by atoms with Crippen LogP contribution in [0.3, 0.4) is 0 Å². The molecule has 0 saturated carbocycles. The summed E-state index contributed by atoms with van der Waals surface area (Å²) < 4.78 is 9.42. The summed E-state index contributed by atoms with van der Waals surface area (Å²) in [6, 6.07) is 3.32. The maximum Gasteiger partial charge on any atom is 0.305 e. The molecule has 1 N–H and O–H groups in total. The van der Waals surface area contributed by atoms with Crippen LogP contribution in [0.5, 0.6) is 11.5 Å². The highest BCUT2D eigenvalue weighted by atomic mass is 35.5. The number of carbonyl (C=O) groups is 1. The van der Waals surface area contributed by atoms with E-state index in [1.165, 1.54) is 14.2 Å². The molecule has 0 heterocycles. The largest absolute Gasteiger partial charge is 0.503 e. The summed E-state index contributed by atoms with van der Waals surface area (Å²) in [6.45, 7) is 0. The van der Waals surface area contributed by atoms with Crippen LogP contribution in [0, 0.1) is 0 Å².